The van der Waals surface area contributed by atoms with Gasteiger partial charge < -0.3 is 5.73 Å². The fraction of sp³-hybridized carbons (Fsp3) is 0.714. The molecule has 0 aromatic carbocycles. The zero-order valence-corrected chi connectivity index (χ0v) is 7.85. The molecule has 1 atom stereocenters. The molecule has 0 aliphatic carbocycles. The maximum Gasteiger partial charge on any atom is 0.133 e. The lowest BCUT2D eigenvalue weighted by Gasteiger charge is -1.96. The first-order valence-corrected chi connectivity index (χ1v) is 4.51. The zero-order chi connectivity index (χ0) is 8.43. The lowest BCUT2D eigenvalue weighted by atomic mass is 10.2. The molecule has 0 amide bonds. The van der Waals surface area contributed by atoms with Gasteiger partial charge in [0.25, 0.3) is 0 Å². The number of rotatable bonds is 2. The lowest BCUT2D eigenvalue weighted by molar-refractivity contribution is 0.769. The van der Waals surface area contributed by atoms with E-state index in [2.05, 4.69) is 24.0 Å². The normalized spacial score (nSPS) is 13.9. The quantitative estimate of drug-likeness (QED) is 0.736. The van der Waals surface area contributed by atoms with Crippen molar-refractivity contribution in [2.24, 2.45) is 5.73 Å². The minimum atomic E-state index is 0.0139. The molecular formula is C7H13N3S. The topological polar surface area (TPSA) is 51.8 Å². The Bertz CT molecular complexity index is 207. The Hall–Kier alpha value is -0.480. The molecule has 11 heavy (non-hydrogen) atoms. The highest BCUT2D eigenvalue weighted by Crippen LogP contribution is 2.21. The summed E-state index contributed by atoms with van der Waals surface area (Å²) in [6.45, 7) is 6.13. The maximum atomic E-state index is 5.64. The van der Waals surface area contributed by atoms with Crippen molar-refractivity contribution in [3.8, 4) is 0 Å². The van der Waals surface area contributed by atoms with E-state index in [1.54, 1.807) is 11.3 Å². The molecule has 0 bridgehead atoms. The summed E-state index contributed by atoms with van der Waals surface area (Å²) in [7, 11) is 0. The van der Waals surface area contributed by atoms with Gasteiger partial charge >= 0.3 is 0 Å². The summed E-state index contributed by atoms with van der Waals surface area (Å²) in [5, 5.41) is 10.00. The summed E-state index contributed by atoms with van der Waals surface area (Å²) in [4.78, 5) is 0. The third-order valence-corrected chi connectivity index (χ3v) is 2.76. The molecule has 4 heteroatoms. The van der Waals surface area contributed by atoms with Crippen LogP contribution in [-0.4, -0.2) is 10.2 Å². The van der Waals surface area contributed by atoms with E-state index in [0.29, 0.717) is 5.92 Å². The number of hydrogen-bond acceptors (Lipinski definition) is 4. The minimum Gasteiger partial charge on any atom is -0.322 e. The number of aromatic nitrogens is 2. The molecular weight excluding hydrogens is 158 g/mol. The number of nitrogens with two attached hydrogens (primary N) is 1. The molecule has 0 saturated carbocycles. The minimum absolute atomic E-state index is 0.0139. The van der Waals surface area contributed by atoms with Crippen LogP contribution in [0.3, 0.4) is 0 Å². The molecule has 1 aromatic rings. The van der Waals surface area contributed by atoms with Crippen LogP contribution in [0.25, 0.3) is 0 Å². The summed E-state index contributed by atoms with van der Waals surface area (Å²) in [6.07, 6.45) is 0. The van der Waals surface area contributed by atoms with Crippen LogP contribution in [0.4, 0.5) is 0 Å². The summed E-state index contributed by atoms with van der Waals surface area (Å²) in [6, 6.07) is 0.0139. The van der Waals surface area contributed by atoms with Crippen molar-refractivity contribution in [3.05, 3.63) is 10.0 Å². The number of hydrogen-bond donors (Lipinski definition) is 1. The van der Waals surface area contributed by atoms with Gasteiger partial charge in [-0.05, 0) is 6.92 Å². The average molecular weight is 171 g/mol. The summed E-state index contributed by atoms with van der Waals surface area (Å²) >= 11 is 1.60. The largest absolute Gasteiger partial charge is 0.322 e. The Labute approximate surface area is 70.6 Å². The van der Waals surface area contributed by atoms with Crippen molar-refractivity contribution in [1.29, 1.82) is 0 Å². The second kappa shape index (κ2) is 3.28. The third-order valence-electron chi connectivity index (χ3n) is 1.34. The third kappa shape index (κ3) is 1.97. The fourth-order valence-electron chi connectivity index (χ4n) is 0.664. The highest BCUT2D eigenvalue weighted by atomic mass is 32.1. The van der Waals surface area contributed by atoms with E-state index in [1.807, 2.05) is 6.92 Å². The SMILES string of the molecule is CC(C)c1nnc(C(C)N)s1. The van der Waals surface area contributed by atoms with Gasteiger partial charge in [-0.3, -0.25) is 0 Å². The van der Waals surface area contributed by atoms with Crippen LogP contribution < -0.4 is 5.73 Å². The van der Waals surface area contributed by atoms with Crippen molar-refractivity contribution in [1.82, 2.24) is 10.2 Å². The lowest BCUT2D eigenvalue weighted by Crippen LogP contribution is -2.03. The van der Waals surface area contributed by atoms with Gasteiger partial charge in [0.15, 0.2) is 0 Å². The van der Waals surface area contributed by atoms with Crippen LogP contribution in [-0.2, 0) is 0 Å². The Morgan fingerprint density at radius 2 is 1.73 bits per heavy atom. The van der Waals surface area contributed by atoms with E-state index >= 15 is 0 Å². The predicted octanol–water partition coefficient (Wildman–Crippen LogP) is 1.68. The van der Waals surface area contributed by atoms with Gasteiger partial charge in [-0.25, -0.2) is 0 Å². The van der Waals surface area contributed by atoms with Crippen molar-refractivity contribution in [2.45, 2.75) is 32.7 Å². The molecule has 62 valence electrons. The number of nitrogens with zero attached hydrogens (tertiary/aromatic N) is 2. The molecule has 0 radical (unpaired) electrons. The van der Waals surface area contributed by atoms with Crippen LogP contribution in [0.1, 0.15) is 42.7 Å². The van der Waals surface area contributed by atoms with Crippen LogP contribution in [0.2, 0.25) is 0 Å². The highest BCUT2D eigenvalue weighted by Gasteiger charge is 2.09. The van der Waals surface area contributed by atoms with Gasteiger partial charge in [0.1, 0.15) is 10.0 Å². The van der Waals surface area contributed by atoms with Crippen molar-refractivity contribution >= 4 is 11.3 Å². The van der Waals surface area contributed by atoms with E-state index in [4.69, 9.17) is 5.73 Å². The molecule has 0 fully saturated rings. The van der Waals surface area contributed by atoms with E-state index in [1.165, 1.54) is 0 Å². The Morgan fingerprint density at radius 1 is 1.18 bits per heavy atom. The molecule has 1 aromatic heterocycles. The summed E-state index contributed by atoms with van der Waals surface area (Å²) < 4.78 is 0. The first-order chi connectivity index (χ1) is 5.11. The molecule has 1 rings (SSSR count). The van der Waals surface area contributed by atoms with Crippen molar-refractivity contribution in [2.75, 3.05) is 0 Å². The smallest absolute Gasteiger partial charge is 0.133 e. The van der Waals surface area contributed by atoms with Crippen LogP contribution in [0.15, 0.2) is 0 Å². The monoisotopic (exact) mass is 171 g/mol. The molecule has 2 N–H and O–H groups in total. The van der Waals surface area contributed by atoms with Crippen LogP contribution >= 0.6 is 11.3 Å². The Balaban J connectivity index is 2.82. The van der Waals surface area contributed by atoms with Crippen LogP contribution in [0, 0.1) is 0 Å². The van der Waals surface area contributed by atoms with E-state index in [0.717, 1.165) is 10.0 Å². The van der Waals surface area contributed by atoms with Gasteiger partial charge in [0, 0.05) is 5.92 Å². The summed E-state index contributed by atoms with van der Waals surface area (Å²) in [5.74, 6) is 0.458. The van der Waals surface area contributed by atoms with Crippen molar-refractivity contribution in [3.63, 3.8) is 0 Å². The van der Waals surface area contributed by atoms with Gasteiger partial charge in [-0.2, -0.15) is 0 Å². The van der Waals surface area contributed by atoms with Crippen molar-refractivity contribution < 1.29 is 0 Å². The van der Waals surface area contributed by atoms with Gasteiger partial charge in [-0.1, -0.05) is 25.2 Å². The maximum absolute atomic E-state index is 5.64. The first kappa shape index (κ1) is 8.62. The molecule has 1 heterocycles. The summed E-state index contributed by atoms with van der Waals surface area (Å²) in [5.41, 5.74) is 5.64. The second-order valence-electron chi connectivity index (χ2n) is 2.92. The molecule has 0 saturated heterocycles. The van der Waals surface area contributed by atoms with Crippen LogP contribution in [0.5, 0.6) is 0 Å². The van der Waals surface area contributed by atoms with Gasteiger partial charge in [0.2, 0.25) is 0 Å². The molecule has 0 spiro atoms. The highest BCUT2D eigenvalue weighted by molar-refractivity contribution is 7.11. The van der Waals surface area contributed by atoms with E-state index < -0.39 is 0 Å². The van der Waals surface area contributed by atoms with E-state index in [-0.39, 0.29) is 6.04 Å². The molecule has 0 aliphatic rings. The Kier molecular flexibility index (Phi) is 2.57. The van der Waals surface area contributed by atoms with Gasteiger partial charge in [0.05, 0.1) is 6.04 Å². The van der Waals surface area contributed by atoms with Gasteiger partial charge in [-0.15, -0.1) is 10.2 Å². The fourth-order valence-corrected chi connectivity index (χ4v) is 1.46. The molecule has 3 nitrogen and oxygen atoms in total. The zero-order valence-electron chi connectivity index (χ0n) is 7.03. The standard InChI is InChI=1S/C7H13N3S/c1-4(2)6-9-10-7(11-6)5(3)8/h4-5H,8H2,1-3H3. The van der Waals surface area contributed by atoms with E-state index in [9.17, 15) is 0 Å². The second-order valence-corrected chi connectivity index (χ2v) is 3.96. The predicted molar refractivity (Wildman–Crippen MR) is 46.6 cm³/mol. The molecule has 0 aliphatic heterocycles. The molecule has 1 unspecified atom stereocenters. The Morgan fingerprint density at radius 3 is 2.00 bits per heavy atom. The average Bonchev–Trinajstić information content (AvgIpc) is 2.33. The first-order valence-electron chi connectivity index (χ1n) is 3.70.